The number of nitrogens with zero attached hydrogens (tertiary/aromatic N) is 1. The second-order valence-corrected chi connectivity index (χ2v) is 6.42. The monoisotopic (exact) mass is 292 g/mol. The summed E-state index contributed by atoms with van der Waals surface area (Å²) < 4.78 is 0.962. The molecule has 2 nitrogen and oxygen atoms in total. The van der Waals surface area contributed by atoms with E-state index in [0.29, 0.717) is 12.1 Å². The highest BCUT2D eigenvalue weighted by Gasteiger charge is 2.29. The van der Waals surface area contributed by atoms with Gasteiger partial charge in [-0.3, -0.25) is 4.90 Å². The predicted molar refractivity (Wildman–Crippen MR) is 76.4 cm³/mol. The lowest BCUT2D eigenvalue weighted by molar-refractivity contribution is 0.119. The van der Waals surface area contributed by atoms with E-state index in [1.807, 2.05) is 0 Å². The summed E-state index contributed by atoms with van der Waals surface area (Å²) in [4.78, 5) is 2.55. The number of piperazine rings is 1. The molecule has 0 saturated carbocycles. The zero-order valence-corrected chi connectivity index (χ0v) is 12.1. The Balaban J connectivity index is 0.00000108. The number of hydrogen-bond acceptors (Lipinski definition) is 3. The standard InChI is InChI=1S/C12H17ClN2S.ClH/c13-12-9(4-5-16-12)6-15-7-10-2-1-3-11(8-15)14-10;/h4-5,10-11,14H,1-3,6-8H2;1H. The third-order valence-corrected chi connectivity index (χ3v) is 4.87. The molecule has 2 aliphatic rings. The topological polar surface area (TPSA) is 15.3 Å². The summed E-state index contributed by atoms with van der Waals surface area (Å²) in [5.74, 6) is 0. The quantitative estimate of drug-likeness (QED) is 0.901. The average molecular weight is 293 g/mol. The number of hydrogen-bond donors (Lipinski definition) is 1. The molecule has 1 aromatic heterocycles. The van der Waals surface area contributed by atoms with E-state index in [1.54, 1.807) is 11.3 Å². The van der Waals surface area contributed by atoms with Crippen LogP contribution in [-0.2, 0) is 6.54 Å². The first-order valence-corrected chi connectivity index (χ1v) is 7.27. The Bertz CT molecular complexity index is 357. The van der Waals surface area contributed by atoms with Gasteiger partial charge in [0.1, 0.15) is 0 Å². The molecule has 3 heterocycles. The van der Waals surface area contributed by atoms with E-state index < -0.39 is 0 Å². The van der Waals surface area contributed by atoms with Crippen LogP contribution in [0.15, 0.2) is 11.4 Å². The first-order chi connectivity index (χ1) is 7.81. The Morgan fingerprint density at radius 3 is 2.65 bits per heavy atom. The molecule has 2 atom stereocenters. The molecule has 1 aromatic rings. The van der Waals surface area contributed by atoms with Crippen LogP contribution in [0.1, 0.15) is 24.8 Å². The van der Waals surface area contributed by atoms with Crippen LogP contribution in [0.3, 0.4) is 0 Å². The van der Waals surface area contributed by atoms with Crippen LogP contribution in [0.2, 0.25) is 4.34 Å². The molecule has 0 aliphatic carbocycles. The van der Waals surface area contributed by atoms with Gasteiger partial charge in [0.2, 0.25) is 0 Å². The van der Waals surface area contributed by atoms with Crippen molar-refractivity contribution in [3.8, 4) is 0 Å². The Morgan fingerprint density at radius 1 is 1.35 bits per heavy atom. The molecule has 2 fully saturated rings. The fourth-order valence-corrected chi connectivity index (χ4v) is 3.81. The molecule has 96 valence electrons. The van der Waals surface area contributed by atoms with Crippen molar-refractivity contribution in [2.75, 3.05) is 13.1 Å². The molecule has 17 heavy (non-hydrogen) atoms. The molecule has 1 N–H and O–H groups in total. The van der Waals surface area contributed by atoms with Crippen LogP contribution >= 0.6 is 35.3 Å². The second-order valence-electron chi connectivity index (χ2n) is 4.91. The average Bonchev–Trinajstić information content (AvgIpc) is 2.64. The minimum Gasteiger partial charge on any atom is -0.309 e. The summed E-state index contributed by atoms with van der Waals surface area (Å²) in [6, 6.07) is 3.58. The molecule has 0 aromatic carbocycles. The van der Waals surface area contributed by atoms with E-state index in [9.17, 15) is 0 Å². The van der Waals surface area contributed by atoms with E-state index in [1.165, 1.54) is 37.9 Å². The van der Waals surface area contributed by atoms with Crippen molar-refractivity contribution in [1.29, 1.82) is 0 Å². The molecular weight excluding hydrogens is 275 g/mol. The highest BCUT2D eigenvalue weighted by molar-refractivity contribution is 7.14. The van der Waals surface area contributed by atoms with Crippen molar-refractivity contribution < 1.29 is 0 Å². The van der Waals surface area contributed by atoms with E-state index in [2.05, 4.69) is 21.7 Å². The van der Waals surface area contributed by atoms with Gasteiger partial charge in [0.25, 0.3) is 0 Å². The number of fused-ring (bicyclic) bond motifs is 2. The van der Waals surface area contributed by atoms with Gasteiger partial charge < -0.3 is 5.32 Å². The summed E-state index contributed by atoms with van der Waals surface area (Å²) in [6.07, 6.45) is 4.07. The molecule has 2 unspecified atom stereocenters. The fourth-order valence-electron chi connectivity index (χ4n) is 2.90. The number of halogens is 2. The minimum atomic E-state index is 0. The number of piperidine rings is 1. The Morgan fingerprint density at radius 2 is 2.06 bits per heavy atom. The van der Waals surface area contributed by atoms with Gasteiger partial charge in [0, 0.05) is 31.7 Å². The van der Waals surface area contributed by atoms with Crippen LogP contribution in [0, 0.1) is 0 Å². The van der Waals surface area contributed by atoms with Gasteiger partial charge in [0.15, 0.2) is 0 Å². The smallest absolute Gasteiger partial charge is 0.0973 e. The van der Waals surface area contributed by atoms with Crippen LogP contribution in [0.25, 0.3) is 0 Å². The Labute approximate surface area is 118 Å². The van der Waals surface area contributed by atoms with Gasteiger partial charge in [-0.2, -0.15) is 0 Å². The van der Waals surface area contributed by atoms with Crippen molar-refractivity contribution in [1.82, 2.24) is 10.2 Å². The zero-order valence-electron chi connectivity index (χ0n) is 9.69. The Kier molecular flexibility index (Phi) is 4.72. The third kappa shape index (κ3) is 3.15. The first kappa shape index (κ1) is 13.6. The number of likely N-dealkylation sites (tertiary alicyclic amines) is 1. The first-order valence-electron chi connectivity index (χ1n) is 6.01. The highest BCUT2D eigenvalue weighted by atomic mass is 35.5. The summed E-state index contributed by atoms with van der Waals surface area (Å²) in [6.45, 7) is 3.39. The maximum absolute atomic E-state index is 6.16. The zero-order chi connectivity index (χ0) is 11.0. The molecule has 3 rings (SSSR count). The lowest BCUT2D eigenvalue weighted by Gasteiger charge is -2.42. The lowest BCUT2D eigenvalue weighted by atomic mass is 9.94. The summed E-state index contributed by atoms with van der Waals surface area (Å²) in [5, 5.41) is 5.79. The normalized spacial score (nSPS) is 28.8. The van der Waals surface area contributed by atoms with E-state index in [4.69, 9.17) is 11.6 Å². The maximum atomic E-state index is 6.16. The molecule has 2 bridgehead atoms. The van der Waals surface area contributed by atoms with Gasteiger partial charge in [-0.05, 0) is 29.9 Å². The van der Waals surface area contributed by atoms with Gasteiger partial charge >= 0.3 is 0 Å². The largest absolute Gasteiger partial charge is 0.309 e. The lowest BCUT2D eigenvalue weighted by Crippen LogP contribution is -2.58. The molecule has 2 aliphatic heterocycles. The van der Waals surface area contributed by atoms with Crippen molar-refractivity contribution >= 4 is 35.3 Å². The van der Waals surface area contributed by atoms with Crippen molar-refractivity contribution in [3.05, 3.63) is 21.3 Å². The highest BCUT2D eigenvalue weighted by Crippen LogP contribution is 2.26. The number of thiophene rings is 1. The number of nitrogens with one attached hydrogen (secondary N) is 1. The summed E-state index contributed by atoms with van der Waals surface area (Å²) in [5.41, 5.74) is 1.30. The minimum absolute atomic E-state index is 0. The molecular formula is C12H18Cl2N2S. The van der Waals surface area contributed by atoms with Gasteiger partial charge in [-0.25, -0.2) is 0 Å². The SMILES string of the molecule is Cl.Clc1sccc1CN1CC2CCCC(C1)N2. The van der Waals surface area contributed by atoms with Crippen molar-refractivity contribution in [2.45, 2.75) is 37.9 Å². The summed E-state index contributed by atoms with van der Waals surface area (Å²) >= 11 is 7.79. The Hall–Kier alpha value is 0.200. The summed E-state index contributed by atoms with van der Waals surface area (Å²) in [7, 11) is 0. The third-order valence-electron chi connectivity index (χ3n) is 3.62. The molecule has 0 spiro atoms. The second kappa shape index (κ2) is 5.89. The molecule has 0 amide bonds. The van der Waals surface area contributed by atoms with Crippen molar-refractivity contribution in [3.63, 3.8) is 0 Å². The predicted octanol–water partition coefficient (Wildman–Crippen LogP) is 3.15. The van der Waals surface area contributed by atoms with E-state index >= 15 is 0 Å². The molecule has 5 heteroatoms. The molecule has 2 saturated heterocycles. The van der Waals surface area contributed by atoms with Crippen LogP contribution in [-0.4, -0.2) is 30.1 Å². The van der Waals surface area contributed by atoms with Gasteiger partial charge in [-0.15, -0.1) is 23.7 Å². The van der Waals surface area contributed by atoms with Crippen LogP contribution < -0.4 is 5.32 Å². The van der Waals surface area contributed by atoms with E-state index in [0.717, 1.165) is 10.9 Å². The van der Waals surface area contributed by atoms with Crippen LogP contribution in [0.5, 0.6) is 0 Å². The van der Waals surface area contributed by atoms with E-state index in [-0.39, 0.29) is 12.4 Å². The maximum Gasteiger partial charge on any atom is 0.0973 e. The molecule has 0 radical (unpaired) electrons. The van der Waals surface area contributed by atoms with Crippen molar-refractivity contribution in [2.24, 2.45) is 0 Å². The van der Waals surface area contributed by atoms with Crippen LogP contribution in [0.4, 0.5) is 0 Å². The fraction of sp³-hybridized carbons (Fsp3) is 0.667. The van der Waals surface area contributed by atoms with Gasteiger partial charge in [-0.1, -0.05) is 18.0 Å². The van der Waals surface area contributed by atoms with Gasteiger partial charge in [0.05, 0.1) is 4.34 Å². The number of rotatable bonds is 2.